The zero-order valence-electron chi connectivity index (χ0n) is 14.8. The standard InChI is InChI=1S/C20H24ClN3O/c1-23(2)10-15-16-11-24(12-20(16)7-5-19(15)25-20)18-6-8-22-17-9-13(21)3-4-14(17)18/h3-4,6,8-9,15-16,19H,5,7,10-12H2,1-2H3/t15-,16+,19+,20+/m0/s1. The number of hydrogen-bond donors (Lipinski definition) is 0. The van der Waals surface area contributed by atoms with Crippen LogP contribution in [0.25, 0.3) is 10.9 Å². The molecule has 3 aliphatic rings. The Kier molecular flexibility index (Phi) is 3.53. The van der Waals surface area contributed by atoms with Crippen molar-refractivity contribution < 1.29 is 4.74 Å². The fourth-order valence-electron chi connectivity index (χ4n) is 5.42. The van der Waals surface area contributed by atoms with Crippen LogP contribution in [0.15, 0.2) is 30.5 Å². The molecule has 25 heavy (non-hydrogen) atoms. The van der Waals surface area contributed by atoms with Crippen molar-refractivity contribution in [3.8, 4) is 0 Å². The Morgan fingerprint density at radius 2 is 2.24 bits per heavy atom. The molecule has 2 aromatic rings. The van der Waals surface area contributed by atoms with Gasteiger partial charge in [0.15, 0.2) is 0 Å². The van der Waals surface area contributed by atoms with Crippen LogP contribution in [0.4, 0.5) is 5.69 Å². The van der Waals surface area contributed by atoms with Crippen LogP contribution in [0.2, 0.25) is 5.02 Å². The Morgan fingerprint density at radius 3 is 3.08 bits per heavy atom. The maximum Gasteiger partial charge on any atom is 0.0910 e. The highest BCUT2D eigenvalue weighted by atomic mass is 35.5. The maximum absolute atomic E-state index is 6.58. The second-order valence-corrected chi connectivity index (χ2v) is 8.60. The lowest BCUT2D eigenvalue weighted by Crippen LogP contribution is -2.40. The number of nitrogens with zero attached hydrogens (tertiary/aromatic N) is 3. The molecule has 2 bridgehead atoms. The third kappa shape index (κ3) is 2.38. The fraction of sp³-hybridized carbons (Fsp3) is 0.550. The van der Waals surface area contributed by atoms with Crippen molar-refractivity contribution >= 4 is 28.2 Å². The van der Waals surface area contributed by atoms with Gasteiger partial charge in [0.1, 0.15) is 0 Å². The quantitative estimate of drug-likeness (QED) is 0.841. The molecule has 5 heteroatoms. The van der Waals surface area contributed by atoms with Gasteiger partial charge in [-0.15, -0.1) is 0 Å². The highest BCUT2D eigenvalue weighted by Gasteiger charge is 2.62. The van der Waals surface area contributed by atoms with E-state index in [9.17, 15) is 0 Å². The van der Waals surface area contributed by atoms with E-state index in [2.05, 4.69) is 41.0 Å². The molecule has 0 radical (unpaired) electrons. The van der Waals surface area contributed by atoms with Crippen LogP contribution in [0, 0.1) is 11.8 Å². The Morgan fingerprint density at radius 1 is 1.36 bits per heavy atom. The van der Waals surface area contributed by atoms with Gasteiger partial charge in [-0.1, -0.05) is 11.6 Å². The second kappa shape index (κ2) is 5.57. The molecule has 1 aromatic carbocycles. The predicted octanol–water partition coefficient (Wildman–Crippen LogP) is 3.43. The Balaban J connectivity index is 1.50. The lowest BCUT2D eigenvalue weighted by atomic mass is 9.73. The SMILES string of the molecule is CN(C)C[C@H]1[C@H]2CN(c3ccnc4cc(Cl)ccc34)C[C@]23CC[C@H]1O3. The fourth-order valence-corrected chi connectivity index (χ4v) is 5.59. The van der Waals surface area contributed by atoms with Gasteiger partial charge in [0.2, 0.25) is 0 Å². The maximum atomic E-state index is 6.58. The molecule has 1 spiro atoms. The van der Waals surface area contributed by atoms with Crippen molar-refractivity contribution in [3.05, 3.63) is 35.5 Å². The predicted molar refractivity (Wildman–Crippen MR) is 101 cm³/mol. The van der Waals surface area contributed by atoms with Gasteiger partial charge in [0.25, 0.3) is 0 Å². The lowest BCUT2D eigenvalue weighted by Gasteiger charge is -2.30. The summed E-state index contributed by atoms with van der Waals surface area (Å²) in [7, 11) is 4.34. The Labute approximate surface area is 153 Å². The van der Waals surface area contributed by atoms with E-state index in [1.54, 1.807) is 0 Å². The largest absolute Gasteiger partial charge is 0.369 e. The summed E-state index contributed by atoms with van der Waals surface area (Å²) in [6, 6.07) is 8.15. The highest BCUT2D eigenvalue weighted by Crippen LogP contribution is 2.55. The van der Waals surface area contributed by atoms with Gasteiger partial charge in [0, 0.05) is 53.8 Å². The van der Waals surface area contributed by atoms with Crippen LogP contribution >= 0.6 is 11.6 Å². The molecule has 3 aliphatic heterocycles. The summed E-state index contributed by atoms with van der Waals surface area (Å²) < 4.78 is 6.58. The number of halogens is 1. The molecule has 1 aromatic heterocycles. The summed E-state index contributed by atoms with van der Waals surface area (Å²) in [5.41, 5.74) is 2.30. The first-order valence-electron chi connectivity index (χ1n) is 9.17. The number of fused-ring (bicyclic) bond motifs is 2. The Hall–Kier alpha value is -1.36. The van der Waals surface area contributed by atoms with Crippen LogP contribution in [-0.4, -0.2) is 55.3 Å². The van der Waals surface area contributed by atoms with Crippen molar-refractivity contribution in [2.24, 2.45) is 11.8 Å². The number of rotatable bonds is 3. The van der Waals surface area contributed by atoms with E-state index in [1.165, 1.54) is 23.9 Å². The first-order valence-corrected chi connectivity index (χ1v) is 9.55. The molecule has 3 saturated heterocycles. The van der Waals surface area contributed by atoms with Crippen molar-refractivity contribution in [2.75, 3.05) is 38.6 Å². The molecule has 132 valence electrons. The Bertz CT molecular complexity index is 826. The molecule has 0 N–H and O–H groups in total. The summed E-state index contributed by atoms with van der Waals surface area (Å²) in [6.07, 6.45) is 4.78. The average molecular weight is 358 g/mol. The summed E-state index contributed by atoms with van der Waals surface area (Å²) in [4.78, 5) is 9.33. The zero-order valence-corrected chi connectivity index (χ0v) is 15.5. The number of anilines is 1. The van der Waals surface area contributed by atoms with Gasteiger partial charge in [-0.2, -0.15) is 0 Å². The lowest BCUT2D eigenvalue weighted by molar-refractivity contribution is 0.0137. The van der Waals surface area contributed by atoms with Crippen molar-refractivity contribution in [2.45, 2.75) is 24.5 Å². The van der Waals surface area contributed by atoms with Gasteiger partial charge in [-0.3, -0.25) is 4.98 Å². The normalized spacial score (nSPS) is 33.6. The average Bonchev–Trinajstić information content (AvgIpc) is 3.23. The van der Waals surface area contributed by atoms with Gasteiger partial charge in [-0.05, 0) is 51.2 Å². The van der Waals surface area contributed by atoms with Crippen LogP contribution < -0.4 is 4.90 Å². The van der Waals surface area contributed by atoms with Gasteiger partial charge in [0.05, 0.1) is 17.2 Å². The summed E-state index contributed by atoms with van der Waals surface area (Å²) in [6.45, 7) is 3.20. The number of hydrogen-bond acceptors (Lipinski definition) is 4. The topological polar surface area (TPSA) is 28.6 Å². The van der Waals surface area contributed by atoms with E-state index in [0.717, 1.165) is 30.2 Å². The summed E-state index contributed by atoms with van der Waals surface area (Å²) in [5, 5.41) is 1.92. The molecule has 0 unspecified atom stereocenters. The smallest absolute Gasteiger partial charge is 0.0910 e. The van der Waals surface area contributed by atoms with E-state index < -0.39 is 0 Å². The highest BCUT2D eigenvalue weighted by molar-refractivity contribution is 6.31. The van der Waals surface area contributed by atoms with E-state index in [-0.39, 0.29) is 5.60 Å². The van der Waals surface area contributed by atoms with Crippen LogP contribution in [0.5, 0.6) is 0 Å². The molecule has 0 amide bonds. The van der Waals surface area contributed by atoms with E-state index in [4.69, 9.17) is 16.3 Å². The summed E-state index contributed by atoms with van der Waals surface area (Å²) >= 11 is 6.15. The minimum Gasteiger partial charge on any atom is -0.369 e. The third-order valence-corrected chi connectivity index (χ3v) is 6.62. The van der Waals surface area contributed by atoms with Gasteiger partial charge >= 0.3 is 0 Å². The summed E-state index contributed by atoms with van der Waals surface area (Å²) in [5.74, 6) is 1.28. The van der Waals surface area contributed by atoms with E-state index in [0.29, 0.717) is 17.9 Å². The van der Waals surface area contributed by atoms with Gasteiger partial charge < -0.3 is 14.5 Å². The van der Waals surface area contributed by atoms with Crippen LogP contribution in [0.3, 0.4) is 0 Å². The van der Waals surface area contributed by atoms with Crippen molar-refractivity contribution in [1.82, 2.24) is 9.88 Å². The molecule has 4 nitrogen and oxygen atoms in total. The number of pyridine rings is 1. The van der Waals surface area contributed by atoms with Crippen LogP contribution in [0.1, 0.15) is 12.8 Å². The second-order valence-electron chi connectivity index (χ2n) is 8.16. The number of ether oxygens (including phenoxy) is 1. The monoisotopic (exact) mass is 357 g/mol. The molecule has 4 heterocycles. The van der Waals surface area contributed by atoms with Gasteiger partial charge in [-0.25, -0.2) is 0 Å². The first kappa shape index (κ1) is 15.9. The minimum absolute atomic E-state index is 0.0629. The van der Waals surface area contributed by atoms with Crippen molar-refractivity contribution in [1.29, 1.82) is 0 Å². The molecule has 0 saturated carbocycles. The minimum atomic E-state index is 0.0629. The molecule has 3 fully saturated rings. The molecule has 5 rings (SSSR count). The molecule has 4 atom stereocenters. The van der Waals surface area contributed by atoms with Crippen LogP contribution in [-0.2, 0) is 4.74 Å². The number of benzene rings is 1. The van der Waals surface area contributed by atoms with Crippen molar-refractivity contribution in [3.63, 3.8) is 0 Å². The first-order chi connectivity index (χ1) is 12.1. The third-order valence-electron chi connectivity index (χ3n) is 6.38. The van der Waals surface area contributed by atoms with E-state index in [1.807, 2.05) is 18.3 Å². The zero-order chi connectivity index (χ0) is 17.2. The number of aromatic nitrogens is 1. The molecular weight excluding hydrogens is 334 g/mol. The molecule has 0 aliphatic carbocycles. The molecular formula is C20H24ClN3O. The van der Waals surface area contributed by atoms with E-state index >= 15 is 0 Å².